The van der Waals surface area contributed by atoms with Gasteiger partial charge in [0.1, 0.15) is 18.4 Å². The SMILES string of the molecule is CSc1ccc(COC(=O)N2CCN(CC3(C)Cn4cc([N+](=O)[O-])nc4O3)CC2)cc1. The second-order valence-corrected chi connectivity index (χ2v) is 8.86. The Bertz CT molecular complexity index is 932. The summed E-state index contributed by atoms with van der Waals surface area (Å²) in [6.07, 6.45) is 3.13. The van der Waals surface area contributed by atoms with E-state index in [4.69, 9.17) is 9.47 Å². The molecule has 1 aromatic heterocycles. The summed E-state index contributed by atoms with van der Waals surface area (Å²) in [6, 6.07) is 8.25. The Kier molecular flexibility index (Phi) is 6.05. The van der Waals surface area contributed by atoms with Gasteiger partial charge in [-0.3, -0.25) is 9.47 Å². The molecule has 1 saturated heterocycles. The first kappa shape index (κ1) is 21.4. The summed E-state index contributed by atoms with van der Waals surface area (Å²) >= 11 is 1.67. The molecule has 1 unspecified atom stereocenters. The number of rotatable bonds is 6. The molecule has 0 N–H and O–H groups in total. The first-order valence-corrected chi connectivity index (χ1v) is 11.3. The summed E-state index contributed by atoms with van der Waals surface area (Å²) in [6.45, 7) is 5.95. The van der Waals surface area contributed by atoms with Gasteiger partial charge in [-0.25, -0.2) is 4.79 Å². The van der Waals surface area contributed by atoms with Gasteiger partial charge in [0.15, 0.2) is 0 Å². The number of benzene rings is 1. The lowest BCUT2D eigenvalue weighted by molar-refractivity contribution is -0.389. The summed E-state index contributed by atoms with van der Waals surface area (Å²) in [7, 11) is 0. The van der Waals surface area contributed by atoms with Crippen LogP contribution in [0.15, 0.2) is 35.4 Å². The minimum atomic E-state index is -0.524. The van der Waals surface area contributed by atoms with Gasteiger partial charge in [0.05, 0.1) is 6.54 Å². The number of hydrogen-bond acceptors (Lipinski definition) is 8. The molecule has 11 heteroatoms. The predicted molar refractivity (Wildman–Crippen MR) is 114 cm³/mol. The van der Waals surface area contributed by atoms with E-state index in [0.29, 0.717) is 39.3 Å². The van der Waals surface area contributed by atoms with Crippen LogP contribution in [0, 0.1) is 10.1 Å². The van der Waals surface area contributed by atoms with E-state index >= 15 is 0 Å². The average Bonchev–Trinajstić information content (AvgIpc) is 3.28. The Morgan fingerprint density at radius 3 is 2.61 bits per heavy atom. The van der Waals surface area contributed by atoms with Gasteiger partial charge in [0, 0.05) is 42.6 Å². The summed E-state index contributed by atoms with van der Waals surface area (Å²) in [5, 5.41) is 10.8. The number of fused-ring (bicyclic) bond motifs is 1. The topological polar surface area (TPSA) is 103 Å². The molecule has 2 aliphatic heterocycles. The number of nitrogens with zero attached hydrogens (tertiary/aromatic N) is 5. The van der Waals surface area contributed by atoms with Crippen molar-refractivity contribution in [1.29, 1.82) is 0 Å². The van der Waals surface area contributed by atoms with Crippen molar-refractivity contribution >= 4 is 23.7 Å². The Balaban J connectivity index is 1.22. The number of thioether (sulfide) groups is 1. The molecule has 0 spiro atoms. The molecule has 3 heterocycles. The molecule has 166 valence electrons. The molecule has 0 radical (unpaired) electrons. The number of imidazole rings is 1. The van der Waals surface area contributed by atoms with E-state index in [1.807, 2.05) is 37.4 Å². The molecule has 2 aliphatic rings. The highest BCUT2D eigenvalue weighted by atomic mass is 32.2. The number of ether oxygens (including phenoxy) is 2. The highest BCUT2D eigenvalue weighted by Crippen LogP contribution is 2.31. The van der Waals surface area contributed by atoms with E-state index in [2.05, 4.69) is 9.88 Å². The molecule has 0 saturated carbocycles. The normalized spacial score (nSPS) is 20.9. The van der Waals surface area contributed by atoms with E-state index in [1.165, 1.54) is 11.1 Å². The summed E-state index contributed by atoms with van der Waals surface area (Å²) in [5.41, 5.74) is 0.456. The zero-order valence-electron chi connectivity index (χ0n) is 17.5. The fourth-order valence-electron chi connectivity index (χ4n) is 3.88. The van der Waals surface area contributed by atoms with Gasteiger partial charge in [-0.2, -0.15) is 0 Å². The minimum absolute atomic E-state index is 0.204. The fourth-order valence-corrected chi connectivity index (χ4v) is 4.29. The zero-order valence-corrected chi connectivity index (χ0v) is 18.3. The maximum atomic E-state index is 12.4. The van der Waals surface area contributed by atoms with Crippen LogP contribution in [0.25, 0.3) is 0 Å². The van der Waals surface area contributed by atoms with Crippen molar-refractivity contribution in [2.75, 3.05) is 39.0 Å². The number of hydrogen-bond donors (Lipinski definition) is 0. The van der Waals surface area contributed by atoms with Crippen molar-refractivity contribution in [3.63, 3.8) is 0 Å². The van der Waals surface area contributed by atoms with E-state index in [9.17, 15) is 14.9 Å². The van der Waals surface area contributed by atoms with Gasteiger partial charge in [0.25, 0.3) is 0 Å². The largest absolute Gasteiger partial charge is 0.445 e. The molecule has 31 heavy (non-hydrogen) atoms. The monoisotopic (exact) mass is 447 g/mol. The van der Waals surface area contributed by atoms with Crippen LogP contribution in [0.2, 0.25) is 0 Å². The number of carbonyl (C=O) groups excluding carboxylic acids is 1. The molecule has 1 atom stereocenters. The molecular formula is C20H25N5O5S. The molecule has 1 amide bonds. The van der Waals surface area contributed by atoms with E-state index in [1.54, 1.807) is 21.2 Å². The average molecular weight is 448 g/mol. The van der Waals surface area contributed by atoms with Gasteiger partial charge in [-0.05, 0) is 35.8 Å². The van der Waals surface area contributed by atoms with Gasteiger partial charge in [-0.15, -0.1) is 11.8 Å². The zero-order chi connectivity index (χ0) is 22.0. The third kappa shape index (κ3) is 4.93. The lowest BCUT2D eigenvalue weighted by Gasteiger charge is -2.37. The lowest BCUT2D eigenvalue weighted by atomic mass is 10.1. The number of aromatic nitrogens is 2. The first-order chi connectivity index (χ1) is 14.8. The highest BCUT2D eigenvalue weighted by molar-refractivity contribution is 7.98. The van der Waals surface area contributed by atoms with Crippen LogP contribution in [-0.2, 0) is 17.9 Å². The second-order valence-electron chi connectivity index (χ2n) is 7.98. The Morgan fingerprint density at radius 2 is 2.00 bits per heavy atom. The van der Waals surface area contributed by atoms with Gasteiger partial charge in [-0.1, -0.05) is 12.1 Å². The minimum Gasteiger partial charge on any atom is -0.445 e. The third-order valence-electron chi connectivity index (χ3n) is 5.47. The first-order valence-electron chi connectivity index (χ1n) is 10.0. The van der Waals surface area contributed by atoms with Gasteiger partial charge >= 0.3 is 17.9 Å². The Hall–Kier alpha value is -2.79. The van der Waals surface area contributed by atoms with Crippen LogP contribution < -0.4 is 4.74 Å². The maximum absolute atomic E-state index is 12.4. The smallest absolute Gasteiger partial charge is 0.415 e. The standard InChI is InChI=1S/C20H25N5O5S/c1-20(14-24-11-17(25(27)28)21-18(24)30-20)13-22-7-9-23(10-8-22)19(26)29-12-15-3-5-16(31-2)6-4-15/h3-6,11H,7-10,12-14H2,1-2H3. The fraction of sp³-hybridized carbons (Fsp3) is 0.500. The number of amides is 1. The molecule has 0 bridgehead atoms. The highest BCUT2D eigenvalue weighted by Gasteiger charge is 2.42. The molecule has 1 aromatic carbocycles. The van der Waals surface area contributed by atoms with Crippen molar-refractivity contribution in [2.45, 2.75) is 30.6 Å². The third-order valence-corrected chi connectivity index (χ3v) is 6.21. The van der Waals surface area contributed by atoms with Crippen LogP contribution in [0.5, 0.6) is 6.01 Å². The maximum Gasteiger partial charge on any atom is 0.415 e. The quantitative estimate of drug-likeness (QED) is 0.378. The second kappa shape index (κ2) is 8.75. The van der Waals surface area contributed by atoms with Crippen molar-refractivity contribution < 1.29 is 19.2 Å². The van der Waals surface area contributed by atoms with E-state index in [-0.39, 0.29) is 24.5 Å². The molecule has 10 nitrogen and oxygen atoms in total. The molecule has 2 aromatic rings. The van der Waals surface area contributed by atoms with E-state index < -0.39 is 10.5 Å². The van der Waals surface area contributed by atoms with Crippen LogP contribution >= 0.6 is 11.8 Å². The van der Waals surface area contributed by atoms with Crippen molar-refractivity contribution in [2.24, 2.45) is 0 Å². The van der Waals surface area contributed by atoms with Crippen LogP contribution in [-0.4, -0.2) is 74.9 Å². The van der Waals surface area contributed by atoms with Gasteiger partial charge < -0.3 is 24.5 Å². The molecule has 4 rings (SSSR count). The molecule has 0 aliphatic carbocycles. The lowest BCUT2D eigenvalue weighted by Crippen LogP contribution is -2.53. The van der Waals surface area contributed by atoms with Crippen molar-refractivity contribution in [1.82, 2.24) is 19.4 Å². The number of carbonyl (C=O) groups is 1. The summed E-state index contributed by atoms with van der Waals surface area (Å²) < 4.78 is 13.0. The van der Waals surface area contributed by atoms with Crippen LogP contribution in [0.3, 0.4) is 0 Å². The Labute approximate surface area is 184 Å². The Morgan fingerprint density at radius 1 is 1.29 bits per heavy atom. The molecule has 1 fully saturated rings. The van der Waals surface area contributed by atoms with E-state index in [0.717, 1.165) is 5.56 Å². The van der Waals surface area contributed by atoms with Crippen LogP contribution in [0.1, 0.15) is 12.5 Å². The summed E-state index contributed by atoms with van der Waals surface area (Å²) in [4.78, 5) is 31.8. The van der Waals surface area contributed by atoms with Crippen molar-refractivity contribution in [3.05, 3.63) is 46.1 Å². The predicted octanol–water partition coefficient (Wildman–Crippen LogP) is 2.62. The molecular weight excluding hydrogens is 422 g/mol. The summed E-state index contributed by atoms with van der Waals surface area (Å²) in [5.74, 6) is -0.204. The van der Waals surface area contributed by atoms with Crippen LogP contribution in [0.4, 0.5) is 10.6 Å². The van der Waals surface area contributed by atoms with Gasteiger partial charge in [0.2, 0.25) is 0 Å². The number of nitro groups is 1. The number of piperazine rings is 1. The van der Waals surface area contributed by atoms with Crippen molar-refractivity contribution in [3.8, 4) is 6.01 Å².